The van der Waals surface area contributed by atoms with E-state index in [0.717, 1.165) is 17.7 Å². The second-order valence-corrected chi connectivity index (χ2v) is 4.65. The minimum Gasteiger partial charge on any atom is -0.497 e. The van der Waals surface area contributed by atoms with Crippen LogP contribution in [0, 0.1) is 17.2 Å². The predicted octanol–water partition coefficient (Wildman–Crippen LogP) is 2.30. The topological polar surface area (TPSA) is 71.9 Å². The van der Waals surface area contributed by atoms with Crippen molar-refractivity contribution in [2.45, 2.75) is 18.8 Å². The van der Waals surface area contributed by atoms with E-state index in [-0.39, 0.29) is 11.8 Å². The summed E-state index contributed by atoms with van der Waals surface area (Å²) in [4.78, 5) is 4.35. The van der Waals surface area contributed by atoms with Gasteiger partial charge in [-0.05, 0) is 24.1 Å². The van der Waals surface area contributed by atoms with Gasteiger partial charge in [0, 0.05) is 6.42 Å². The molecule has 1 aliphatic carbocycles. The van der Waals surface area contributed by atoms with Crippen molar-refractivity contribution in [2.75, 3.05) is 7.11 Å². The molecule has 0 N–H and O–H groups in total. The molecular formula is C14H13N3O2. The van der Waals surface area contributed by atoms with E-state index in [0.29, 0.717) is 18.1 Å². The van der Waals surface area contributed by atoms with Gasteiger partial charge in [0.1, 0.15) is 5.75 Å². The second kappa shape index (κ2) is 4.73. The molecule has 1 fully saturated rings. The molecule has 2 atom stereocenters. The fraction of sp³-hybridized carbons (Fsp3) is 0.357. The molecule has 96 valence electrons. The number of hydrogen-bond acceptors (Lipinski definition) is 5. The number of methoxy groups -OCH3 is 1. The van der Waals surface area contributed by atoms with Crippen molar-refractivity contribution in [1.82, 2.24) is 10.1 Å². The highest BCUT2D eigenvalue weighted by Crippen LogP contribution is 2.46. The molecular weight excluding hydrogens is 242 g/mol. The zero-order chi connectivity index (χ0) is 13.2. The number of rotatable bonds is 4. The van der Waals surface area contributed by atoms with Crippen LogP contribution in [0.4, 0.5) is 0 Å². The largest absolute Gasteiger partial charge is 0.497 e. The van der Waals surface area contributed by atoms with Gasteiger partial charge in [-0.25, -0.2) is 0 Å². The van der Waals surface area contributed by atoms with Gasteiger partial charge in [0.25, 0.3) is 0 Å². The molecule has 3 rings (SSSR count). The molecule has 1 heterocycles. The first kappa shape index (κ1) is 11.7. The van der Waals surface area contributed by atoms with E-state index in [1.807, 2.05) is 24.3 Å². The van der Waals surface area contributed by atoms with Crippen molar-refractivity contribution >= 4 is 0 Å². The lowest BCUT2D eigenvalue weighted by Gasteiger charge is -2.01. The smallest absolute Gasteiger partial charge is 0.231 e. The first-order valence-corrected chi connectivity index (χ1v) is 6.15. The number of hydrogen-bond donors (Lipinski definition) is 0. The summed E-state index contributed by atoms with van der Waals surface area (Å²) in [6.07, 6.45) is 1.43. The quantitative estimate of drug-likeness (QED) is 0.838. The standard InChI is InChI=1S/C14H13N3O2/c1-18-11-4-2-3-9(5-11)6-13-16-14(19-17-13)12-7-10(12)8-15/h2-5,10,12H,6-7H2,1H3. The van der Waals surface area contributed by atoms with E-state index in [1.165, 1.54) is 0 Å². The van der Waals surface area contributed by atoms with Crippen LogP contribution in [-0.4, -0.2) is 17.3 Å². The normalized spacial score (nSPS) is 20.8. The van der Waals surface area contributed by atoms with Crippen LogP contribution < -0.4 is 4.74 Å². The average Bonchev–Trinajstić information content (AvgIpc) is 3.10. The van der Waals surface area contributed by atoms with Crippen LogP contribution >= 0.6 is 0 Å². The maximum absolute atomic E-state index is 8.78. The third-order valence-electron chi connectivity index (χ3n) is 3.25. The fourth-order valence-electron chi connectivity index (χ4n) is 2.07. The summed E-state index contributed by atoms with van der Waals surface area (Å²) in [5.74, 6) is 2.23. The SMILES string of the molecule is COc1cccc(Cc2noc(C3CC3C#N)n2)c1. The number of nitriles is 1. The lowest BCUT2D eigenvalue weighted by atomic mass is 10.1. The molecule has 19 heavy (non-hydrogen) atoms. The van der Waals surface area contributed by atoms with Gasteiger partial charge in [-0.2, -0.15) is 10.2 Å². The van der Waals surface area contributed by atoms with E-state index >= 15 is 0 Å². The van der Waals surface area contributed by atoms with Crippen LogP contribution in [-0.2, 0) is 6.42 Å². The Balaban J connectivity index is 1.72. The maximum Gasteiger partial charge on any atom is 0.231 e. The van der Waals surface area contributed by atoms with E-state index in [2.05, 4.69) is 16.2 Å². The molecule has 1 aliphatic rings. The Morgan fingerprint density at radius 1 is 1.53 bits per heavy atom. The highest BCUT2D eigenvalue weighted by molar-refractivity contribution is 5.30. The number of nitrogens with zero attached hydrogens (tertiary/aromatic N) is 3. The Morgan fingerprint density at radius 2 is 2.42 bits per heavy atom. The Hall–Kier alpha value is -2.35. The first-order valence-electron chi connectivity index (χ1n) is 6.15. The van der Waals surface area contributed by atoms with E-state index in [1.54, 1.807) is 7.11 Å². The van der Waals surface area contributed by atoms with Gasteiger partial charge < -0.3 is 9.26 Å². The molecule has 0 saturated heterocycles. The van der Waals surface area contributed by atoms with Crippen molar-refractivity contribution in [2.24, 2.45) is 5.92 Å². The van der Waals surface area contributed by atoms with Crippen LogP contribution in [0.25, 0.3) is 0 Å². The van der Waals surface area contributed by atoms with Crippen LogP contribution in [0.3, 0.4) is 0 Å². The van der Waals surface area contributed by atoms with Gasteiger partial charge in [0.15, 0.2) is 5.82 Å². The Labute approximate surface area is 110 Å². The van der Waals surface area contributed by atoms with Gasteiger partial charge in [-0.15, -0.1) is 0 Å². The molecule has 0 radical (unpaired) electrons. The van der Waals surface area contributed by atoms with E-state index < -0.39 is 0 Å². The summed E-state index contributed by atoms with van der Waals surface area (Å²) in [7, 11) is 1.64. The summed E-state index contributed by atoms with van der Waals surface area (Å²) in [5, 5.41) is 12.7. The lowest BCUT2D eigenvalue weighted by molar-refractivity contribution is 0.373. The van der Waals surface area contributed by atoms with Crippen LogP contribution in [0.1, 0.15) is 29.6 Å². The predicted molar refractivity (Wildman–Crippen MR) is 66.6 cm³/mol. The minimum absolute atomic E-state index is 0.0464. The molecule has 0 amide bonds. The zero-order valence-corrected chi connectivity index (χ0v) is 10.5. The van der Waals surface area contributed by atoms with Gasteiger partial charge in [0.2, 0.25) is 5.89 Å². The number of benzene rings is 1. The molecule has 1 aromatic heterocycles. The maximum atomic E-state index is 8.78. The van der Waals surface area contributed by atoms with Crippen LogP contribution in [0.2, 0.25) is 0 Å². The third kappa shape index (κ3) is 2.43. The number of aromatic nitrogens is 2. The Bertz CT molecular complexity index is 630. The van der Waals surface area contributed by atoms with Crippen molar-refractivity contribution in [3.63, 3.8) is 0 Å². The highest BCUT2D eigenvalue weighted by atomic mass is 16.5. The molecule has 0 spiro atoms. The van der Waals surface area contributed by atoms with Gasteiger partial charge in [0.05, 0.1) is 25.0 Å². The zero-order valence-electron chi connectivity index (χ0n) is 10.5. The number of ether oxygens (including phenoxy) is 1. The second-order valence-electron chi connectivity index (χ2n) is 4.65. The van der Waals surface area contributed by atoms with Crippen molar-refractivity contribution in [3.8, 4) is 11.8 Å². The fourth-order valence-corrected chi connectivity index (χ4v) is 2.07. The summed E-state index contributed by atoms with van der Waals surface area (Å²) < 4.78 is 10.4. The Kier molecular flexibility index (Phi) is 2.92. The van der Waals surface area contributed by atoms with Crippen molar-refractivity contribution in [3.05, 3.63) is 41.5 Å². The van der Waals surface area contributed by atoms with Crippen LogP contribution in [0.15, 0.2) is 28.8 Å². The average molecular weight is 255 g/mol. The molecule has 2 unspecified atom stereocenters. The molecule has 1 saturated carbocycles. The molecule has 5 nitrogen and oxygen atoms in total. The lowest BCUT2D eigenvalue weighted by Crippen LogP contribution is -1.92. The van der Waals surface area contributed by atoms with Crippen molar-refractivity contribution < 1.29 is 9.26 Å². The molecule has 0 bridgehead atoms. The summed E-state index contributed by atoms with van der Waals surface area (Å²) in [5.41, 5.74) is 1.07. The molecule has 0 aliphatic heterocycles. The van der Waals surface area contributed by atoms with Crippen LogP contribution in [0.5, 0.6) is 5.75 Å². The van der Waals surface area contributed by atoms with E-state index in [4.69, 9.17) is 14.5 Å². The third-order valence-corrected chi connectivity index (χ3v) is 3.25. The molecule has 1 aromatic carbocycles. The summed E-state index contributed by atoms with van der Waals surface area (Å²) in [6.45, 7) is 0. The Morgan fingerprint density at radius 3 is 3.16 bits per heavy atom. The first-order chi connectivity index (χ1) is 9.30. The summed E-state index contributed by atoms with van der Waals surface area (Å²) >= 11 is 0. The summed E-state index contributed by atoms with van der Waals surface area (Å²) in [6, 6.07) is 9.99. The van der Waals surface area contributed by atoms with Gasteiger partial charge in [-0.3, -0.25) is 0 Å². The molecule has 5 heteroatoms. The van der Waals surface area contributed by atoms with E-state index in [9.17, 15) is 0 Å². The molecule has 2 aromatic rings. The minimum atomic E-state index is 0.0464. The monoisotopic (exact) mass is 255 g/mol. The highest BCUT2D eigenvalue weighted by Gasteiger charge is 2.43. The van der Waals surface area contributed by atoms with Gasteiger partial charge in [-0.1, -0.05) is 17.3 Å². The van der Waals surface area contributed by atoms with Gasteiger partial charge >= 0.3 is 0 Å². The van der Waals surface area contributed by atoms with Crippen molar-refractivity contribution in [1.29, 1.82) is 5.26 Å².